The van der Waals surface area contributed by atoms with E-state index in [0.29, 0.717) is 5.92 Å². The average Bonchev–Trinajstić information content (AvgIpc) is 3.09. The van der Waals surface area contributed by atoms with Crippen LogP contribution in [0.5, 0.6) is 5.75 Å². The van der Waals surface area contributed by atoms with E-state index in [1.165, 1.54) is 29.5 Å². The van der Waals surface area contributed by atoms with Crippen molar-refractivity contribution in [3.05, 3.63) is 28.8 Å². The lowest BCUT2D eigenvalue weighted by atomic mass is 9.83. The molecule has 1 aromatic carbocycles. The molecule has 1 aromatic rings. The minimum Gasteiger partial charge on any atom is -0.496 e. The Morgan fingerprint density at radius 1 is 1.22 bits per heavy atom. The summed E-state index contributed by atoms with van der Waals surface area (Å²) in [5.41, 5.74) is 10.3. The Morgan fingerprint density at radius 3 is 2.22 bits per heavy atom. The van der Waals surface area contributed by atoms with Gasteiger partial charge in [0, 0.05) is 17.0 Å². The first-order chi connectivity index (χ1) is 8.44. The number of rotatable bonds is 4. The Balaban J connectivity index is 2.62. The molecule has 1 fully saturated rings. The van der Waals surface area contributed by atoms with Gasteiger partial charge in [-0.2, -0.15) is 0 Å². The molecule has 2 nitrogen and oxygen atoms in total. The summed E-state index contributed by atoms with van der Waals surface area (Å²) >= 11 is 0. The molecule has 0 heterocycles. The molecule has 1 atom stereocenters. The summed E-state index contributed by atoms with van der Waals surface area (Å²) in [7, 11) is 1.78. The predicted octanol–water partition coefficient (Wildman–Crippen LogP) is 3.51. The molecular formula is C16H25NO. The Bertz CT molecular complexity index is 445. The smallest absolute Gasteiger partial charge is 0.126 e. The summed E-state index contributed by atoms with van der Waals surface area (Å²) < 4.78 is 5.74. The molecule has 0 aromatic heterocycles. The molecular weight excluding hydrogens is 222 g/mol. The van der Waals surface area contributed by atoms with Crippen molar-refractivity contribution in [2.24, 2.45) is 5.73 Å². The lowest BCUT2D eigenvalue weighted by molar-refractivity contribution is 0.390. The fraction of sp³-hybridized carbons (Fsp3) is 0.625. The third kappa shape index (κ3) is 1.93. The molecule has 0 radical (unpaired) electrons. The molecule has 1 unspecified atom stereocenters. The average molecular weight is 247 g/mol. The fourth-order valence-electron chi connectivity index (χ4n) is 3.06. The second-order valence-electron chi connectivity index (χ2n) is 5.98. The van der Waals surface area contributed by atoms with Gasteiger partial charge in [0.05, 0.1) is 7.11 Å². The van der Waals surface area contributed by atoms with Crippen LogP contribution in [-0.4, -0.2) is 13.2 Å². The van der Waals surface area contributed by atoms with Crippen molar-refractivity contribution < 1.29 is 4.74 Å². The number of methoxy groups -OCH3 is 1. The second-order valence-corrected chi connectivity index (χ2v) is 5.98. The zero-order valence-electron chi connectivity index (χ0n) is 12.2. The Kier molecular flexibility index (Phi) is 3.41. The SMILES string of the molecule is COc1c(C(C)C)ccc(C)c1C1(C(C)N)CC1. The summed E-state index contributed by atoms with van der Waals surface area (Å²) in [6.07, 6.45) is 2.37. The minimum atomic E-state index is 0.153. The van der Waals surface area contributed by atoms with E-state index in [1.54, 1.807) is 7.11 Å². The van der Waals surface area contributed by atoms with E-state index in [1.807, 2.05) is 0 Å². The highest BCUT2D eigenvalue weighted by atomic mass is 16.5. The third-order valence-electron chi connectivity index (χ3n) is 4.38. The van der Waals surface area contributed by atoms with Crippen LogP contribution in [0, 0.1) is 6.92 Å². The molecule has 0 spiro atoms. The van der Waals surface area contributed by atoms with E-state index < -0.39 is 0 Å². The molecule has 2 rings (SSSR count). The van der Waals surface area contributed by atoms with Crippen molar-refractivity contribution in [1.29, 1.82) is 0 Å². The quantitative estimate of drug-likeness (QED) is 0.883. The standard InChI is InChI=1S/C16H25NO/c1-10(2)13-7-6-11(3)14(15(13)18-5)16(8-9-16)12(4)17/h6-7,10,12H,8-9,17H2,1-5H3. The Labute approximate surface area is 111 Å². The second kappa shape index (κ2) is 4.58. The summed E-state index contributed by atoms with van der Waals surface area (Å²) in [5.74, 6) is 1.54. The van der Waals surface area contributed by atoms with Crippen molar-refractivity contribution in [3.8, 4) is 5.75 Å². The molecule has 0 saturated heterocycles. The molecule has 2 heteroatoms. The number of hydrogen-bond acceptors (Lipinski definition) is 2. The zero-order chi connectivity index (χ0) is 13.5. The normalized spacial score (nSPS) is 18.8. The maximum absolute atomic E-state index is 6.23. The predicted molar refractivity (Wildman–Crippen MR) is 76.4 cm³/mol. The van der Waals surface area contributed by atoms with Crippen LogP contribution in [0.3, 0.4) is 0 Å². The summed E-state index contributed by atoms with van der Waals surface area (Å²) in [5, 5.41) is 0. The van der Waals surface area contributed by atoms with Crippen LogP contribution in [0.1, 0.15) is 56.2 Å². The van der Waals surface area contributed by atoms with E-state index in [0.717, 1.165) is 5.75 Å². The summed E-state index contributed by atoms with van der Waals surface area (Å²) in [4.78, 5) is 0. The van der Waals surface area contributed by atoms with Crippen LogP contribution >= 0.6 is 0 Å². The molecule has 0 amide bonds. The maximum Gasteiger partial charge on any atom is 0.126 e. The van der Waals surface area contributed by atoms with E-state index in [-0.39, 0.29) is 11.5 Å². The molecule has 1 saturated carbocycles. The lowest BCUT2D eigenvalue weighted by Gasteiger charge is -2.27. The number of ether oxygens (including phenoxy) is 1. The van der Waals surface area contributed by atoms with E-state index in [9.17, 15) is 0 Å². The highest BCUT2D eigenvalue weighted by Gasteiger charge is 2.50. The molecule has 18 heavy (non-hydrogen) atoms. The maximum atomic E-state index is 6.23. The Morgan fingerprint density at radius 2 is 1.83 bits per heavy atom. The topological polar surface area (TPSA) is 35.2 Å². The number of nitrogens with two attached hydrogens (primary N) is 1. The lowest BCUT2D eigenvalue weighted by Crippen LogP contribution is -2.32. The van der Waals surface area contributed by atoms with Gasteiger partial charge in [-0.3, -0.25) is 0 Å². The Hall–Kier alpha value is -1.02. The molecule has 0 bridgehead atoms. The first-order valence-corrected chi connectivity index (χ1v) is 6.87. The van der Waals surface area contributed by atoms with Crippen LogP contribution in [-0.2, 0) is 5.41 Å². The van der Waals surface area contributed by atoms with Crippen molar-refractivity contribution in [1.82, 2.24) is 0 Å². The molecule has 2 N–H and O–H groups in total. The zero-order valence-corrected chi connectivity index (χ0v) is 12.2. The van der Waals surface area contributed by atoms with E-state index in [2.05, 4.69) is 39.8 Å². The van der Waals surface area contributed by atoms with Crippen molar-refractivity contribution in [2.45, 2.75) is 57.9 Å². The van der Waals surface area contributed by atoms with Gasteiger partial charge in [-0.25, -0.2) is 0 Å². The van der Waals surface area contributed by atoms with Gasteiger partial charge in [-0.15, -0.1) is 0 Å². The summed E-state index contributed by atoms with van der Waals surface area (Å²) in [6, 6.07) is 4.60. The van der Waals surface area contributed by atoms with Crippen molar-refractivity contribution in [3.63, 3.8) is 0 Å². The third-order valence-corrected chi connectivity index (χ3v) is 4.38. The molecule has 100 valence electrons. The molecule has 1 aliphatic carbocycles. The van der Waals surface area contributed by atoms with E-state index in [4.69, 9.17) is 10.5 Å². The van der Waals surface area contributed by atoms with Gasteiger partial charge in [0.2, 0.25) is 0 Å². The largest absolute Gasteiger partial charge is 0.496 e. The first kappa shape index (κ1) is 13.4. The van der Waals surface area contributed by atoms with Crippen LogP contribution in [0.2, 0.25) is 0 Å². The van der Waals surface area contributed by atoms with Gasteiger partial charge in [0.15, 0.2) is 0 Å². The molecule has 0 aliphatic heterocycles. The van der Waals surface area contributed by atoms with Crippen LogP contribution < -0.4 is 10.5 Å². The van der Waals surface area contributed by atoms with Gasteiger partial charge in [-0.1, -0.05) is 26.0 Å². The van der Waals surface area contributed by atoms with Gasteiger partial charge in [-0.05, 0) is 43.7 Å². The van der Waals surface area contributed by atoms with Gasteiger partial charge >= 0.3 is 0 Å². The highest BCUT2D eigenvalue weighted by molar-refractivity contribution is 5.54. The summed E-state index contributed by atoms with van der Waals surface area (Å²) in [6.45, 7) is 8.71. The highest BCUT2D eigenvalue weighted by Crippen LogP contribution is 2.55. The van der Waals surface area contributed by atoms with E-state index >= 15 is 0 Å². The monoisotopic (exact) mass is 247 g/mol. The van der Waals surface area contributed by atoms with Crippen LogP contribution in [0.4, 0.5) is 0 Å². The number of benzene rings is 1. The van der Waals surface area contributed by atoms with Crippen molar-refractivity contribution >= 4 is 0 Å². The van der Waals surface area contributed by atoms with Gasteiger partial charge in [0.25, 0.3) is 0 Å². The molecule has 1 aliphatic rings. The van der Waals surface area contributed by atoms with Crippen molar-refractivity contribution in [2.75, 3.05) is 7.11 Å². The minimum absolute atomic E-state index is 0.153. The first-order valence-electron chi connectivity index (χ1n) is 6.87. The van der Waals surface area contributed by atoms with Crippen LogP contribution in [0.15, 0.2) is 12.1 Å². The van der Waals surface area contributed by atoms with Gasteiger partial charge < -0.3 is 10.5 Å². The number of hydrogen-bond donors (Lipinski definition) is 1. The fourth-order valence-corrected chi connectivity index (χ4v) is 3.06. The van der Waals surface area contributed by atoms with Gasteiger partial charge in [0.1, 0.15) is 5.75 Å². The number of aryl methyl sites for hydroxylation is 1. The van der Waals surface area contributed by atoms with Crippen LogP contribution in [0.25, 0.3) is 0 Å².